The molecule has 0 spiro atoms. The van der Waals surface area contributed by atoms with Crippen molar-refractivity contribution in [3.8, 4) is 6.07 Å². The van der Waals surface area contributed by atoms with Crippen molar-refractivity contribution in [3.05, 3.63) is 58.9 Å². The molecule has 0 aliphatic rings. The van der Waals surface area contributed by atoms with E-state index in [4.69, 9.17) is 5.26 Å². The lowest BCUT2D eigenvalue weighted by atomic mass is 10.2. The maximum Gasteiger partial charge on any atom is 0.262 e. The van der Waals surface area contributed by atoms with Crippen LogP contribution in [0.25, 0.3) is 0 Å². The molecule has 0 aromatic heterocycles. The summed E-state index contributed by atoms with van der Waals surface area (Å²) in [5.41, 5.74) is 1.41. The largest absolute Gasteiger partial charge is 0.280 e. The molecular formula is C15H13FN2O2S. The van der Waals surface area contributed by atoms with Crippen LogP contribution in [0.4, 0.5) is 10.1 Å². The summed E-state index contributed by atoms with van der Waals surface area (Å²) in [4.78, 5) is 0.0310. The molecule has 0 saturated heterocycles. The molecular weight excluding hydrogens is 291 g/mol. The van der Waals surface area contributed by atoms with Crippen LogP contribution < -0.4 is 4.72 Å². The number of nitrogens with zero attached hydrogens (tertiary/aromatic N) is 1. The Morgan fingerprint density at radius 3 is 2.43 bits per heavy atom. The number of benzene rings is 2. The van der Waals surface area contributed by atoms with Gasteiger partial charge in [-0.2, -0.15) is 5.26 Å². The fourth-order valence-corrected chi connectivity index (χ4v) is 3.20. The smallest absolute Gasteiger partial charge is 0.262 e. The zero-order chi connectivity index (χ0) is 15.6. The molecule has 0 aliphatic heterocycles. The third-order valence-corrected chi connectivity index (χ3v) is 4.54. The van der Waals surface area contributed by atoms with E-state index in [1.807, 2.05) is 6.07 Å². The van der Waals surface area contributed by atoms with Gasteiger partial charge in [-0.05, 0) is 55.3 Å². The van der Waals surface area contributed by atoms with E-state index in [0.29, 0.717) is 11.1 Å². The van der Waals surface area contributed by atoms with E-state index in [1.165, 1.54) is 24.3 Å². The third kappa shape index (κ3) is 3.20. The lowest BCUT2D eigenvalue weighted by Gasteiger charge is -2.11. The highest BCUT2D eigenvalue weighted by atomic mass is 32.2. The van der Waals surface area contributed by atoms with E-state index >= 15 is 0 Å². The van der Waals surface area contributed by atoms with Gasteiger partial charge in [0.1, 0.15) is 5.82 Å². The Hall–Kier alpha value is -2.39. The van der Waals surface area contributed by atoms with Crippen LogP contribution in [-0.2, 0) is 10.0 Å². The van der Waals surface area contributed by atoms with Gasteiger partial charge in [-0.25, -0.2) is 12.8 Å². The first-order valence-electron chi connectivity index (χ1n) is 6.13. The van der Waals surface area contributed by atoms with Crippen molar-refractivity contribution >= 4 is 15.7 Å². The molecule has 6 heteroatoms. The predicted octanol–water partition coefficient (Wildman–Crippen LogP) is 3.12. The molecule has 0 aliphatic carbocycles. The first-order chi connectivity index (χ1) is 9.83. The number of nitrogens with one attached hydrogen (secondary N) is 1. The van der Waals surface area contributed by atoms with Crippen LogP contribution in [0.3, 0.4) is 0 Å². The van der Waals surface area contributed by atoms with Gasteiger partial charge in [0.25, 0.3) is 10.0 Å². The molecule has 0 atom stereocenters. The van der Waals surface area contributed by atoms with Crippen molar-refractivity contribution in [1.82, 2.24) is 0 Å². The van der Waals surface area contributed by atoms with Gasteiger partial charge in [0.15, 0.2) is 0 Å². The van der Waals surface area contributed by atoms with Crippen molar-refractivity contribution in [1.29, 1.82) is 5.26 Å². The number of rotatable bonds is 3. The zero-order valence-electron chi connectivity index (χ0n) is 11.5. The fourth-order valence-electron chi connectivity index (χ4n) is 1.88. The maximum atomic E-state index is 13.2. The van der Waals surface area contributed by atoms with Crippen LogP contribution in [0.1, 0.15) is 16.7 Å². The van der Waals surface area contributed by atoms with Crippen LogP contribution >= 0.6 is 0 Å². The molecule has 0 fully saturated rings. The number of aryl methyl sites for hydroxylation is 2. The van der Waals surface area contributed by atoms with Crippen molar-refractivity contribution in [2.24, 2.45) is 0 Å². The van der Waals surface area contributed by atoms with E-state index in [1.54, 1.807) is 26.0 Å². The topological polar surface area (TPSA) is 70.0 Å². The maximum absolute atomic E-state index is 13.2. The molecule has 0 bridgehead atoms. The summed E-state index contributed by atoms with van der Waals surface area (Å²) < 4.78 is 40.3. The molecule has 0 saturated carbocycles. The average Bonchev–Trinajstić information content (AvgIpc) is 2.43. The molecule has 0 radical (unpaired) electrons. The molecule has 0 amide bonds. The minimum atomic E-state index is -3.83. The van der Waals surface area contributed by atoms with Crippen molar-refractivity contribution in [2.75, 3.05) is 4.72 Å². The number of sulfonamides is 1. The van der Waals surface area contributed by atoms with Crippen LogP contribution in [0, 0.1) is 31.0 Å². The normalized spacial score (nSPS) is 11.0. The summed E-state index contributed by atoms with van der Waals surface area (Å²) in [6.45, 7) is 3.19. The van der Waals surface area contributed by atoms with Gasteiger partial charge in [0.2, 0.25) is 0 Å². The Labute approximate surface area is 122 Å². The Balaban J connectivity index is 2.43. The molecule has 4 nitrogen and oxygen atoms in total. The van der Waals surface area contributed by atoms with E-state index in [2.05, 4.69) is 4.72 Å². The minimum absolute atomic E-state index is 0.0310. The van der Waals surface area contributed by atoms with Crippen molar-refractivity contribution < 1.29 is 12.8 Å². The van der Waals surface area contributed by atoms with Gasteiger partial charge in [-0.15, -0.1) is 0 Å². The number of hydrogen-bond donors (Lipinski definition) is 1. The Kier molecular flexibility index (Phi) is 3.96. The highest BCUT2D eigenvalue weighted by molar-refractivity contribution is 7.92. The monoisotopic (exact) mass is 304 g/mol. The fraction of sp³-hybridized carbons (Fsp3) is 0.133. The molecule has 2 rings (SSSR count). The van der Waals surface area contributed by atoms with Gasteiger partial charge in [0.05, 0.1) is 16.5 Å². The highest BCUT2D eigenvalue weighted by Crippen LogP contribution is 2.22. The first-order valence-corrected chi connectivity index (χ1v) is 7.61. The SMILES string of the molecule is Cc1cc(NS(=O)(=O)c2cc(C#N)ccc2C)ccc1F. The second-order valence-electron chi connectivity index (χ2n) is 4.66. The predicted molar refractivity (Wildman–Crippen MR) is 77.8 cm³/mol. The number of halogens is 1. The lowest BCUT2D eigenvalue weighted by Crippen LogP contribution is -2.14. The van der Waals surface area contributed by atoms with E-state index < -0.39 is 15.8 Å². The van der Waals surface area contributed by atoms with E-state index in [9.17, 15) is 12.8 Å². The summed E-state index contributed by atoms with van der Waals surface area (Å²) >= 11 is 0. The molecule has 108 valence electrons. The summed E-state index contributed by atoms with van der Waals surface area (Å²) in [6, 6.07) is 10.3. The van der Waals surface area contributed by atoms with Gasteiger partial charge in [-0.1, -0.05) is 6.07 Å². The average molecular weight is 304 g/mol. The second-order valence-corrected chi connectivity index (χ2v) is 6.31. The van der Waals surface area contributed by atoms with Crippen LogP contribution in [0.2, 0.25) is 0 Å². The molecule has 2 aromatic rings. The van der Waals surface area contributed by atoms with Crippen LogP contribution in [0.15, 0.2) is 41.3 Å². The minimum Gasteiger partial charge on any atom is -0.280 e. The first kappa shape index (κ1) is 15.0. The van der Waals surface area contributed by atoms with Crippen molar-refractivity contribution in [2.45, 2.75) is 18.7 Å². The molecule has 0 unspecified atom stereocenters. The Bertz CT molecular complexity index is 839. The summed E-state index contributed by atoms with van der Waals surface area (Å²) in [6.07, 6.45) is 0. The number of anilines is 1. The summed E-state index contributed by atoms with van der Waals surface area (Å²) in [5, 5.41) is 8.87. The quantitative estimate of drug-likeness (QED) is 0.947. The third-order valence-electron chi connectivity index (χ3n) is 3.02. The van der Waals surface area contributed by atoms with Gasteiger partial charge < -0.3 is 0 Å². The van der Waals surface area contributed by atoms with Gasteiger partial charge >= 0.3 is 0 Å². The standard InChI is InChI=1S/C15H13FN2O2S/c1-10-3-4-12(9-17)8-15(10)21(19,20)18-13-5-6-14(16)11(2)7-13/h3-8,18H,1-2H3. The summed E-state index contributed by atoms with van der Waals surface area (Å²) in [5.74, 6) is -0.402. The molecule has 1 N–H and O–H groups in total. The number of nitriles is 1. The highest BCUT2D eigenvalue weighted by Gasteiger charge is 2.18. The van der Waals surface area contributed by atoms with Crippen molar-refractivity contribution in [3.63, 3.8) is 0 Å². The molecule has 2 aromatic carbocycles. The second kappa shape index (κ2) is 5.54. The Morgan fingerprint density at radius 2 is 1.81 bits per heavy atom. The van der Waals surface area contributed by atoms with Gasteiger partial charge in [0, 0.05) is 5.69 Å². The van der Waals surface area contributed by atoms with Gasteiger partial charge in [-0.3, -0.25) is 4.72 Å². The summed E-state index contributed by atoms with van der Waals surface area (Å²) in [7, 11) is -3.83. The number of hydrogen-bond acceptors (Lipinski definition) is 3. The Morgan fingerprint density at radius 1 is 1.10 bits per heavy atom. The molecule has 21 heavy (non-hydrogen) atoms. The zero-order valence-corrected chi connectivity index (χ0v) is 12.3. The van der Waals surface area contributed by atoms with E-state index in [-0.39, 0.29) is 16.1 Å². The van der Waals surface area contributed by atoms with Crippen LogP contribution in [0.5, 0.6) is 0 Å². The molecule has 0 heterocycles. The van der Waals surface area contributed by atoms with E-state index in [0.717, 1.165) is 0 Å². The lowest BCUT2D eigenvalue weighted by molar-refractivity contribution is 0.600. The van der Waals surface area contributed by atoms with Crippen LogP contribution in [-0.4, -0.2) is 8.42 Å².